The predicted octanol–water partition coefficient (Wildman–Crippen LogP) is 6.24. The van der Waals surface area contributed by atoms with E-state index in [1.165, 1.54) is 13.3 Å². The van der Waals surface area contributed by atoms with Gasteiger partial charge in [-0.2, -0.15) is 5.10 Å². The van der Waals surface area contributed by atoms with E-state index in [1.807, 2.05) is 49.4 Å². The first-order valence-electron chi connectivity index (χ1n) is 10.3. The fourth-order valence-corrected chi connectivity index (χ4v) is 3.46. The Bertz CT molecular complexity index is 1140. The van der Waals surface area contributed by atoms with E-state index in [2.05, 4.69) is 26.5 Å². The van der Waals surface area contributed by atoms with Crippen molar-refractivity contribution in [2.45, 2.75) is 20.0 Å². The first-order chi connectivity index (χ1) is 16.0. The van der Waals surface area contributed by atoms with Crippen molar-refractivity contribution in [2.24, 2.45) is 5.10 Å². The number of hydrogen-bond donors (Lipinski definition) is 1. The van der Waals surface area contributed by atoms with Gasteiger partial charge >= 0.3 is 0 Å². The van der Waals surface area contributed by atoms with Crippen LogP contribution in [0.2, 0.25) is 5.02 Å². The van der Waals surface area contributed by atoms with Crippen LogP contribution in [0.25, 0.3) is 0 Å². The molecule has 1 N–H and O–H groups in total. The maximum Gasteiger partial charge on any atom is 0.271 e. The highest BCUT2D eigenvalue weighted by Gasteiger charge is 2.11. The summed E-state index contributed by atoms with van der Waals surface area (Å²) in [6.45, 7) is 2.89. The largest absolute Gasteiger partial charge is 0.493 e. The minimum atomic E-state index is -0.375. The summed E-state index contributed by atoms with van der Waals surface area (Å²) in [5.74, 6) is 1.31. The van der Waals surface area contributed by atoms with Crippen LogP contribution >= 0.6 is 27.5 Å². The Morgan fingerprint density at radius 1 is 1.06 bits per heavy atom. The third kappa shape index (κ3) is 6.97. The average molecular weight is 532 g/mol. The van der Waals surface area contributed by atoms with Crippen molar-refractivity contribution in [3.8, 4) is 17.2 Å². The molecule has 0 spiro atoms. The fourth-order valence-electron chi connectivity index (χ4n) is 2.89. The maximum atomic E-state index is 12.6. The number of hydrazone groups is 1. The molecule has 3 aromatic carbocycles. The highest BCUT2D eigenvalue weighted by molar-refractivity contribution is 9.10. The lowest BCUT2D eigenvalue weighted by atomic mass is 10.2. The number of nitrogens with one attached hydrogen (secondary N) is 1. The van der Waals surface area contributed by atoms with Crippen LogP contribution in [0.4, 0.5) is 0 Å². The van der Waals surface area contributed by atoms with Gasteiger partial charge < -0.3 is 14.2 Å². The molecule has 0 heterocycles. The van der Waals surface area contributed by atoms with Crippen LogP contribution in [-0.2, 0) is 6.61 Å². The molecule has 3 aromatic rings. The molecule has 0 unspecified atom stereocenters. The lowest BCUT2D eigenvalue weighted by Gasteiger charge is -2.11. The summed E-state index contributed by atoms with van der Waals surface area (Å²) in [5, 5.41) is 4.73. The van der Waals surface area contributed by atoms with Gasteiger partial charge in [0.2, 0.25) is 0 Å². The zero-order valence-electron chi connectivity index (χ0n) is 18.3. The Balaban J connectivity index is 1.69. The van der Waals surface area contributed by atoms with Crippen molar-refractivity contribution in [3.63, 3.8) is 0 Å². The number of benzene rings is 3. The number of ether oxygens (including phenoxy) is 3. The third-order valence-electron chi connectivity index (χ3n) is 4.57. The lowest BCUT2D eigenvalue weighted by molar-refractivity contribution is 0.0954. The molecule has 0 bridgehead atoms. The van der Waals surface area contributed by atoms with Crippen molar-refractivity contribution in [2.75, 3.05) is 13.7 Å². The van der Waals surface area contributed by atoms with Crippen LogP contribution < -0.4 is 19.6 Å². The molecule has 33 heavy (non-hydrogen) atoms. The quantitative estimate of drug-likeness (QED) is 0.248. The summed E-state index contributed by atoms with van der Waals surface area (Å²) in [5.41, 5.74) is 4.50. The van der Waals surface area contributed by atoms with Crippen molar-refractivity contribution in [1.82, 2.24) is 5.43 Å². The van der Waals surface area contributed by atoms with Crippen LogP contribution in [0.1, 0.15) is 34.8 Å². The van der Waals surface area contributed by atoms with Gasteiger partial charge in [-0.25, -0.2) is 5.43 Å². The number of carbonyl (C=O) groups is 1. The van der Waals surface area contributed by atoms with Crippen molar-refractivity contribution in [1.29, 1.82) is 0 Å². The molecule has 0 aliphatic carbocycles. The van der Waals surface area contributed by atoms with Crippen LogP contribution in [0.15, 0.2) is 70.2 Å². The fraction of sp³-hybridized carbons (Fsp3) is 0.200. The van der Waals surface area contributed by atoms with E-state index in [0.29, 0.717) is 46.6 Å². The summed E-state index contributed by atoms with van der Waals surface area (Å²) in [4.78, 5) is 12.6. The standard InChI is InChI=1S/C25H24BrClN2O4/c1-3-12-32-23-10-8-17(14-24(23)31-2)25(30)29-28-15-19-13-20(26)9-11-22(19)33-16-18-6-4-5-7-21(18)27/h4-11,13-15H,3,12,16H2,1-2H3,(H,29,30)/b28-15+. The number of amides is 1. The van der Waals surface area contributed by atoms with Crippen LogP contribution in [-0.4, -0.2) is 25.8 Å². The molecule has 0 aromatic heterocycles. The molecule has 0 fully saturated rings. The van der Waals surface area contributed by atoms with E-state index in [9.17, 15) is 4.79 Å². The number of rotatable bonds is 10. The molecule has 0 aliphatic rings. The summed E-state index contributed by atoms with van der Waals surface area (Å²) >= 11 is 9.66. The molecule has 0 atom stereocenters. The molecule has 0 radical (unpaired) electrons. The molecular weight excluding hydrogens is 508 g/mol. The normalized spacial score (nSPS) is 10.8. The average Bonchev–Trinajstić information content (AvgIpc) is 2.83. The molecule has 0 saturated heterocycles. The Kier molecular flexibility index (Phi) is 9.15. The van der Waals surface area contributed by atoms with Gasteiger partial charge in [0.15, 0.2) is 11.5 Å². The minimum Gasteiger partial charge on any atom is -0.493 e. The second kappa shape index (κ2) is 12.3. The van der Waals surface area contributed by atoms with E-state index in [0.717, 1.165) is 16.5 Å². The second-order valence-electron chi connectivity index (χ2n) is 6.98. The molecule has 1 amide bonds. The third-order valence-corrected chi connectivity index (χ3v) is 5.43. The number of carbonyl (C=O) groups excluding carboxylic acids is 1. The van der Waals surface area contributed by atoms with Crippen molar-refractivity contribution >= 4 is 39.7 Å². The van der Waals surface area contributed by atoms with Gasteiger partial charge in [0.05, 0.1) is 19.9 Å². The molecule has 0 saturated carbocycles. The second-order valence-corrected chi connectivity index (χ2v) is 8.30. The summed E-state index contributed by atoms with van der Waals surface area (Å²) in [7, 11) is 1.53. The van der Waals surface area contributed by atoms with E-state index in [4.69, 9.17) is 25.8 Å². The van der Waals surface area contributed by atoms with E-state index in [-0.39, 0.29) is 5.91 Å². The minimum absolute atomic E-state index is 0.306. The van der Waals surface area contributed by atoms with Gasteiger partial charge in [-0.05, 0) is 48.9 Å². The smallest absolute Gasteiger partial charge is 0.271 e. The SMILES string of the molecule is CCCOc1ccc(C(=O)N/N=C/c2cc(Br)ccc2OCc2ccccc2Cl)cc1OC. The Morgan fingerprint density at radius 2 is 1.85 bits per heavy atom. The predicted molar refractivity (Wildman–Crippen MR) is 134 cm³/mol. The Hall–Kier alpha value is -3.03. The lowest BCUT2D eigenvalue weighted by Crippen LogP contribution is -2.17. The van der Waals surface area contributed by atoms with Gasteiger partial charge in [-0.3, -0.25) is 4.79 Å². The van der Waals surface area contributed by atoms with Gasteiger partial charge in [-0.1, -0.05) is 52.7 Å². The summed E-state index contributed by atoms with van der Waals surface area (Å²) < 4.78 is 17.7. The van der Waals surface area contributed by atoms with E-state index >= 15 is 0 Å². The van der Waals surface area contributed by atoms with E-state index in [1.54, 1.807) is 18.2 Å². The van der Waals surface area contributed by atoms with Gasteiger partial charge in [0.25, 0.3) is 5.91 Å². The van der Waals surface area contributed by atoms with Crippen LogP contribution in [0.5, 0.6) is 17.2 Å². The number of methoxy groups -OCH3 is 1. The zero-order valence-corrected chi connectivity index (χ0v) is 20.7. The van der Waals surface area contributed by atoms with Crippen molar-refractivity contribution in [3.05, 3.63) is 86.8 Å². The van der Waals surface area contributed by atoms with Crippen LogP contribution in [0.3, 0.4) is 0 Å². The van der Waals surface area contributed by atoms with Gasteiger partial charge in [-0.15, -0.1) is 0 Å². The molecule has 8 heteroatoms. The van der Waals surface area contributed by atoms with Gasteiger partial charge in [0.1, 0.15) is 12.4 Å². The van der Waals surface area contributed by atoms with Gasteiger partial charge in [0, 0.05) is 26.2 Å². The number of nitrogens with zero attached hydrogens (tertiary/aromatic N) is 1. The molecule has 6 nitrogen and oxygen atoms in total. The Labute approximate surface area is 206 Å². The highest BCUT2D eigenvalue weighted by atomic mass is 79.9. The zero-order chi connectivity index (χ0) is 23.6. The van der Waals surface area contributed by atoms with E-state index < -0.39 is 0 Å². The topological polar surface area (TPSA) is 69.2 Å². The molecule has 172 valence electrons. The molecule has 0 aliphatic heterocycles. The Morgan fingerprint density at radius 3 is 2.61 bits per heavy atom. The summed E-state index contributed by atoms with van der Waals surface area (Å²) in [6.07, 6.45) is 2.40. The first kappa shape index (κ1) is 24.6. The number of hydrogen-bond acceptors (Lipinski definition) is 5. The first-order valence-corrected chi connectivity index (χ1v) is 11.5. The number of halogens is 2. The summed E-state index contributed by atoms with van der Waals surface area (Å²) in [6, 6.07) is 18.0. The maximum absolute atomic E-state index is 12.6. The molecular formula is C25H24BrClN2O4. The van der Waals surface area contributed by atoms with Crippen LogP contribution in [0, 0.1) is 0 Å². The van der Waals surface area contributed by atoms with Crippen molar-refractivity contribution < 1.29 is 19.0 Å². The monoisotopic (exact) mass is 530 g/mol. The molecule has 3 rings (SSSR count). The highest BCUT2D eigenvalue weighted by Crippen LogP contribution is 2.28.